The molecule has 1 saturated heterocycles. The molecule has 2 rings (SSSR count). The highest BCUT2D eigenvalue weighted by Gasteiger charge is 2.49. The van der Waals surface area contributed by atoms with Gasteiger partial charge in [0.15, 0.2) is 6.29 Å². The van der Waals surface area contributed by atoms with Crippen LogP contribution in [0.3, 0.4) is 0 Å². The molecule has 0 N–H and O–H groups in total. The van der Waals surface area contributed by atoms with Crippen LogP contribution in [0.4, 0.5) is 0 Å². The Kier molecular flexibility index (Phi) is 4.62. The molecular weight excluding hydrogens is 292 g/mol. The predicted octanol–water partition coefficient (Wildman–Crippen LogP) is 4.17. The van der Waals surface area contributed by atoms with Crippen molar-refractivity contribution >= 4 is 5.97 Å². The van der Waals surface area contributed by atoms with Crippen LogP contribution in [0.1, 0.15) is 65.9 Å². The van der Waals surface area contributed by atoms with Gasteiger partial charge in [0.1, 0.15) is 5.60 Å². The third-order valence-electron chi connectivity index (χ3n) is 4.27. The van der Waals surface area contributed by atoms with Crippen LogP contribution in [0.2, 0.25) is 0 Å². The molecule has 0 amide bonds. The van der Waals surface area contributed by atoms with E-state index in [1.807, 2.05) is 72.7 Å². The van der Waals surface area contributed by atoms with Gasteiger partial charge in [-0.3, -0.25) is 4.79 Å². The Morgan fingerprint density at radius 3 is 1.96 bits per heavy atom. The van der Waals surface area contributed by atoms with Crippen molar-refractivity contribution in [2.75, 3.05) is 0 Å². The molecule has 0 atom stereocenters. The smallest absolute Gasteiger partial charge is 0.310 e. The van der Waals surface area contributed by atoms with Crippen molar-refractivity contribution in [3.63, 3.8) is 0 Å². The van der Waals surface area contributed by atoms with Crippen molar-refractivity contribution in [1.82, 2.24) is 0 Å². The third-order valence-corrected chi connectivity index (χ3v) is 4.27. The van der Waals surface area contributed by atoms with Crippen LogP contribution in [0, 0.1) is 0 Å². The maximum atomic E-state index is 11.9. The summed E-state index contributed by atoms with van der Waals surface area (Å²) in [4.78, 5) is 11.9. The first-order valence-corrected chi connectivity index (χ1v) is 8.06. The number of ether oxygens (including phenoxy) is 3. The largest absolute Gasteiger partial charge is 0.460 e. The summed E-state index contributed by atoms with van der Waals surface area (Å²) in [5, 5.41) is 0. The van der Waals surface area contributed by atoms with Gasteiger partial charge in [-0.2, -0.15) is 0 Å². The van der Waals surface area contributed by atoms with Crippen LogP contribution in [-0.2, 0) is 25.4 Å². The Balaban J connectivity index is 2.02. The first kappa shape index (κ1) is 18.0. The Labute approximate surface area is 139 Å². The maximum absolute atomic E-state index is 11.9. The van der Waals surface area contributed by atoms with Gasteiger partial charge in [-0.15, -0.1) is 0 Å². The van der Waals surface area contributed by atoms with Crippen molar-refractivity contribution in [1.29, 1.82) is 0 Å². The summed E-state index contributed by atoms with van der Waals surface area (Å²) in [5.41, 5.74) is 0.704. The molecule has 4 nitrogen and oxygen atoms in total. The molecule has 0 saturated carbocycles. The minimum Gasteiger partial charge on any atom is -0.460 e. The summed E-state index contributed by atoms with van der Waals surface area (Å²) >= 11 is 0. The van der Waals surface area contributed by atoms with Gasteiger partial charge >= 0.3 is 5.97 Å². The lowest BCUT2D eigenvalue weighted by atomic mass is 9.90. The summed E-state index contributed by atoms with van der Waals surface area (Å²) in [5.74, 6) is -0.221. The molecule has 128 valence electrons. The van der Waals surface area contributed by atoms with Gasteiger partial charge in [0, 0.05) is 5.56 Å². The lowest BCUT2D eigenvalue weighted by molar-refractivity contribution is -0.153. The second-order valence-electron chi connectivity index (χ2n) is 8.09. The average Bonchev–Trinajstić information content (AvgIpc) is 2.56. The molecule has 1 aliphatic heterocycles. The number of esters is 1. The van der Waals surface area contributed by atoms with E-state index >= 15 is 0 Å². The molecule has 1 aliphatic rings. The van der Waals surface area contributed by atoms with E-state index < -0.39 is 5.60 Å². The van der Waals surface area contributed by atoms with Crippen molar-refractivity contribution in [3.8, 4) is 0 Å². The van der Waals surface area contributed by atoms with Gasteiger partial charge in [-0.25, -0.2) is 0 Å². The summed E-state index contributed by atoms with van der Waals surface area (Å²) in [6, 6.07) is 7.73. The number of carbonyl (C=O) groups is 1. The normalized spacial score (nSPS) is 20.5. The zero-order valence-electron chi connectivity index (χ0n) is 15.2. The predicted molar refractivity (Wildman–Crippen MR) is 89.1 cm³/mol. The number of hydrogen-bond donors (Lipinski definition) is 0. The molecule has 23 heavy (non-hydrogen) atoms. The lowest BCUT2D eigenvalue weighted by Crippen LogP contribution is -2.41. The third kappa shape index (κ3) is 4.33. The van der Waals surface area contributed by atoms with Gasteiger partial charge in [0.25, 0.3) is 0 Å². The standard InChI is InChI=1S/C19H28O4/c1-17(2,3)21-15(20)12-13-8-10-14(11-9-13)16-22-18(4,5)19(6,7)23-16/h8-11,16H,12H2,1-7H3. The van der Waals surface area contributed by atoms with Crippen molar-refractivity contribution in [2.45, 2.75) is 78.0 Å². The van der Waals surface area contributed by atoms with E-state index in [1.165, 1.54) is 0 Å². The molecule has 0 spiro atoms. The van der Waals surface area contributed by atoms with Crippen LogP contribution >= 0.6 is 0 Å². The maximum Gasteiger partial charge on any atom is 0.310 e. The Morgan fingerprint density at radius 2 is 1.52 bits per heavy atom. The van der Waals surface area contributed by atoms with E-state index in [1.54, 1.807) is 0 Å². The minimum absolute atomic E-state index is 0.221. The number of rotatable bonds is 3. The molecule has 0 bridgehead atoms. The van der Waals surface area contributed by atoms with Crippen molar-refractivity contribution in [3.05, 3.63) is 35.4 Å². The average molecular weight is 320 g/mol. The SMILES string of the molecule is CC(C)(C)OC(=O)Cc1ccc(C2OC(C)(C)C(C)(C)O2)cc1. The van der Waals surface area contributed by atoms with E-state index in [4.69, 9.17) is 14.2 Å². The second-order valence-corrected chi connectivity index (χ2v) is 8.09. The van der Waals surface area contributed by atoms with Crippen LogP contribution in [0.25, 0.3) is 0 Å². The monoisotopic (exact) mass is 320 g/mol. The van der Waals surface area contributed by atoms with E-state index in [0.717, 1.165) is 11.1 Å². The minimum atomic E-state index is -0.459. The first-order valence-electron chi connectivity index (χ1n) is 8.06. The number of benzene rings is 1. The fourth-order valence-corrected chi connectivity index (χ4v) is 2.32. The van der Waals surface area contributed by atoms with E-state index in [-0.39, 0.29) is 29.9 Å². The highest BCUT2D eigenvalue weighted by molar-refractivity contribution is 5.73. The number of hydrogen-bond acceptors (Lipinski definition) is 4. The fraction of sp³-hybridized carbons (Fsp3) is 0.632. The van der Waals surface area contributed by atoms with Gasteiger partial charge in [0.05, 0.1) is 17.6 Å². The molecule has 1 aromatic carbocycles. The van der Waals surface area contributed by atoms with Crippen LogP contribution in [-0.4, -0.2) is 22.8 Å². The molecule has 1 fully saturated rings. The lowest BCUT2D eigenvalue weighted by Gasteiger charge is -2.30. The molecule has 1 aromatic rings. The van der Waals surface area contributed by atoms with E-state index in [0.29, 0.717) is 0 Å². The Hall–Kier alpha value is -1.39. The molecule has 0 aromatic heterocycles. The van der Waals surface area contributed by atoms with E-state index in [2.05, 4.69) is 0 Å². The first-order chi connectivity index (χ1) is 10.4. The highest BCUT2D eigenvalue weighted by atomic mass is 16.7. The van der Waals surface area contributed by atoms with Crippen LogP contribution in [0.15, 0.2) is 24.3 Å². The van der Waals surface area contributed by atoms with E-state index in [9.17, 15) is 4.79 Å². The van der Waals surface area contributed by atoms with Crippen LogP contribution in [0.5, 0.6) is 0 Å². The number of carbonyl (C=O) groups excluding carboxylic acids is 1. The van der Waals surface area contributed by atoms with Gasteiger partial charge < -0.3 is 14.2 Å². The molecule has 4 heteroatoms. The zero-order valence-corrected chi connectivity index (χ0v) is 15.2. The molecule has 1 heterocycles. The second kappa shape index (κ2) is 5.91. The summed E-state index contributed by atoms with van der Waals surface area (Å²) < 4.78 is 17.4. The Morgan fingerprint density at radius 1 is 1.04 bits per heavy atom. The molecule has 0 radical (unpaired) electrons. The highest BCUT2D eigenvalue weighted by Crippen LogP contribution is 2.44. The fourth-order valence-electron chi connectivity index (χ4n) is 2.32. The zero-order chi connectivity index (χ0) is 17.5. The quantitative estimate of drug-likeness (QED) is 0.784. The van der Waals surface area contributed by atoms with Gasteiger partial charge in [-0.1, -0.05) is 24.3 Å². The van der Waals surface area contributed by atoms with Crippen molar-refractivity contribution < 1.29 is 19.0 Å². The molecule has 0 unspecified atom stereocenters. The van der Waals surface area contributed by atoms with Gasteiger partial charge in [-0.05, 0) is 54.0 Å². The van der Waals surface area contributed by atoms with Crippen LogP contribution < -0.4 is 0 Å². The topological polar surface area (TPSA) is 44.8 Å². The summed E-state index contributed by atoms with van der Waals surface area (Å²) in [6.45, 7) is 13.7. The van der Waals surface area contributed by atoms with Crippen molar-refractivity contribution in [2.24, 2.45) is 0 Å². The molecule has 0 aliphatic carbocycles. The van der Waals surface area contributed by atoms with Gasteiger partial charge in [0.2, 0.25) is 0 Å². The summed E-state index contributed by atoms with van der Waals surface area (Å²) in [7, 11) is 0. The summed E-state index contributed by atoms with van der Waals surface area (Å²) in [6.07, 6.45) is -0.114. The molecular formula is C19H28O4. The Bertz CT molecular complexity index is 548.